The first-order valence-electron chi connectivity index (χ1n) is 12.1. The summed E-state index contributed by atoms with van der Waals surface area (Å²) in [5.74, 6) is 0.583. The molecule has 0 fully saturated rings. The minimum absolute atomic E-state index is 0.174. The maximum atomic E-state index is 12.8. The van der Waals surface area contributed by atoms with Crippen LogP contribution in [0, 0.1) is 6.92 Å². The van der Waals surface area contributed by atoms with Crippen molar-refractivity contribution < 1.29 is 23.9 Å². The van der Waals surface area contributed by atoms with Gasteiger partial charge in [-0.2, -0.15) is 0 Å². The molecule has 0 saturated heterocycles. The first kappa shape index (κ1) is 27.3. The number of carbonyl (C=O) groups is 3. The molecule has 37 heavy (non-hydrogen) atoms. The van der Waals surface area contributed by atoms with Crippen molar-refractivity contribution >= 4 is 29.1 Å². The average Bonchev–Trinajstić information content (AvgIpc) is 2.86. The van der Waals surface area contributed by atoms with Gasteiger partial charge in [-0.05, 0) is 66.4 Å². The summed E-state index contributed by atoms with van der Waals surface area (Å²) in [5.41, 5.74) is 3.75. The fourth-order valence-corrected chi connectivity index (χ4v) is 3.62. The zero-order chi connectivity index (χ0) is 26.8. The molecule has 0 spiro atoms. The van der Waals surface area contributed by atoms with Crippen LogP contribution in [0.3, 0.4) is 0 Å². The van der Waals surface area contributed by atoms with Crippen molar-refractivity contribution in [2.75, 3.05) is 30.4 Å². The lowest BCUT2D eigenvalue weighted by Gasteiger charge is -2.15. The number of ether oxygens (including phenoxy) is 2. The minimum Gasteiger partial charge on any atom is -0.491 e. The smallest absolute Gasteiger partial charge is 0.262 e. The summed E-state index contributed by atoms with van der Waals surface area (Å²) in [5, 5.41) is 8.23. The van der Waals surface area contributed by atoms with E-state index in [0.29, 0.717) is 41.8 Å². The van der Waals surface area contributed by atoms with Crippen LogP contribution in [0.25, 0.3) is 0 Å². The molecule has 3 N–H and O–H groups in total. The summed E-state index contributed by atoms with van der Waals surface area (Å²) in [7, 11) is 0. The third-order valence-electron chi connectivity index (χ3n) is 5.42. The number of rotatable bonds is 11. The fraction of sp³-hybridized carbons (Fsp3) is 0.276. The summed E-state index contributed by atoms with van der Waals surface area (Å²) >= 11 is 0. The number of para-hydroxylation sites is 1. The first-order chi connectivity index (χ1) is 17.7. The van der Waals surface area contributed by atoms with Crippen molar-refractivity contribution in [2.45, 2.75) is 33.6 Å². The van der Waals surface area contributed by atoms with Crippen molar-refractivity contribution in [3.05, 3.63) is 83.4 Å². The Balaban J connectivity index is 1.50. The van der Waals surface area contributed by atoms with Gasteiger partial charge in [-0.15, -0.1) is 0 Å². The number of amides is 3. The molecule has 0 bridgehead atoms. The largest absolute Gasteiger partial charge is 0.491 e. The van der Waals surface area contributed by atoms with E-state index in [4.69, 9.17) is 9.47 Å². The highest BCUT2D eigenvalue weighted by molar-refractivity contribution is 5.97. The van der Waals surface area contributed by atoms with E-state index in [1.54, 1.807) is 48.5 Å². The number of hydrogen-bond donors (Lipinski definition) is 3. The predicted molar refractivity (Wildman–Crippen MR) is 144 cm³/mol. The zero-order valence-electron chi connectivity index (χ0n) is 21.6. The molecule has 0 atom stereocenters. The van der Waals surface area contributed by atoms with E-state index < -0.39 is 0 Å². The van der Waals surface area contributed by atoms with E-state index in [1.807, 2.05) is 13.0 Å². The molecule has 0 heterocycles. The van der Waals surface area contributed by atoms with Gasteiger partial charge in [0.05, 0.1) is 12.1 Å². The van der Waals surface area contributed by atoms with Gasteiger partial charge in [-0.1, -0.05) is 38.1 Å². The molecule has 0 aliphatic carbocycles. The lowest BCUT2D eigenvalue weighted by molar-refractivity contribution is -0.118. The number of aryl methyl sites for hydroxylation is 1. The van der Waals surface area contributed by atoms with Crippen molar-refractivity contribution in [3.8, 4) is 11.5 Å². The van der Waals surface area contributed by atoms with Gasteiger partial charge < -0.3 is 25.4 Å². The molecule has 3 aromatic rings. The molecule has 0 aliphatic rings. The van der Waals surface area contributed by atoms with Crippen molar-refractivity contribution in [3.63, 3.8) is 0 Å². The topological polar surface area (TPSA) is 106 Å². The molecule has 194 valence electrons. The van der Waals surface area contributed by atoms with Crippen LogP contribution >= 0.6 is 0 Å². The lowest BCUT2D eigenvalue weighted by Crippen LogP contribution is -2.29. The SMILES string of the molecule is CC(=O)Nc1ccc(NC(=O)COc2ccccc2C(=O)NCCOc2cc(C)ccc2C(C)C)cc1. The number of nitrogens with one attached hydrogen (secondary N) is 3. The van der Waals surface area contributed by atoms with Crippen molar-refractivity contribution in [1.82, 2.24) is 5.32 Å². The zero-order valence-corrected chi connectivity index (χ0v) is 21.6. The summed E-state index contributed by atoms with van der Waals surface area (Å²) in [6, 6.07) is 19.6. The highest BCUT2D eigenvalue weighted by atomic mass is 16.5. The van der Waals surface area contributed by atoms with E-state index >= 15 is 0 Å². The van der Waals surface area contributed by atoms with Gasteiger partial charge in [0.15, 0.2) is 6.61 Å². The van der Waals surface area contributed by atoms with E-state index in [0.717, 1.165) is 16.9 Å². The van der Waals surface area contributed by atoms with Crippen LogP contribution in [-0.4, -0.2) is 37.5 Å². The van der Waals surface area contributed by atoms with Gasteiger partial charge in [0, 0.05) is 18.3 Å². The lowest BCUT2D eigenvalue weighted by atomic mass is 10.0. The Labute approximate surface area is 217 Å². The van der Waals surface area contributed by atoms with E-state index in [-0.39, 0.29) is 24.3 Å². The highest BCUT2D eigenvalue weighted by Gasteiger charge is 2.14. The maximum Gasteiger partial charge on any atom is 0.262 e. The summed E-state index contributed by atoms with van der Waals surface area (Å²) in [6.45, 7) is 8.02. The molecule has 0 unspecified atom stereocenters. The van der Waals surface area contributed by atoms with E-state index in [9.17, 15) is 14.4 Å². The van der Waals surface area contributed by atoms with Gasteiger partial charge in [-0.25, -0.2) is 0 Å². The highest BCUT2D eigenvalue weighted by Crippen LogP contribution is 2.27. The molecule has 3 rings (SSSR count). The van der Waals surface area contributed by atoms with Crippen LogP contribution in [0.2, 0.25) is 0 Å². The maximum absolute atomic E-state index is 12.8. The van der Waals surface area contributed by atoms with Gasteiger partial charge in [0.25, 0.3) is 11.8 Å². The summed E-state index contributed by atoms with van der Waals surface area (Å²) < 4.78 is 11.6. The summed E-state index contributed by atoms with van der Waals surface area (Å²) in [6.07, 6.45) is 0. The summed E-state index contributed by atoms with van der Waals surface area (Å²) in [4.78, 5) is 36.2. The van der Waals surface area contributed by atoms with E-state index in [1.165, 1.54) is 6.92 Å². The standard InChI is InChI=1S/C29H33N3O5/c1-19(2)24-14-9-20(3)17-27(24)36-16-15-30-29(35)25-7-5-6-8-26(25)37-18-28(34)32-23-12-10-22(11-13-23)31-21(4)33/h5-14,17,19H,15-16,18H2,1-4H3,(H,30,35)(H,31,33)(H,32,34). The Hall–Kier alpha value is -4.33. The van der Waals surface area contributed by atoms with Crippen molar-refractivity contribution in [1.29, 1.82) is 0 Å². The first-order valence-corrected chi connectivity index (χ1v) is 12.1. The minimum atomic E-state index is -0.380. The van der Waals surface area contributed by atoms with Crippen LogP contribution in [0.1, 0.15) is 48.2 Å². The molecular formula is C29H33N3O5. The number of benzene rings is 3. The van der Waals surface area contributed by atoms with E-state index in [2.05, 4.69) is 41.9 Å². The Morgan fingerprint density at radius 3 is 2.19 bits per heavy atom. The molecule has 0 aliphatic heterocycles. The Morgan fingerprint density at radius 1 is 0.838 bits per heavy atom. The normalized spacial score (nSPS) is 10.5. The number of carbonyl (C=O) groups excluding carboxylic acids is 3. The van der Waals surface area contributed by atoms with Crippen LogP contribution in [0.5, 0.6) is 11.5 Å². The van der Waals surface area contributed by atoms with Crippen LogP contribution < -0.4 is 25.4 Å². The molecule has 8 heteroatoms. The molecular weight excluding hydrogens is 470 g/mol. The molecule has 3 amide bonds. The molecule has 0 radical (unpaired) electrons. The molecule has 0 saturated carbocycles. The van der Waals surface area contributed by atoms with Gasteiger partial charge in [0.1, 0.15) is 18.1 Å². The van der Waals surface area contributed by atoms with Crippen LogP contribution in [0.15, 0.2) is 66.7 Å². The van der Waals surface area contributed by atoms with Gasteiger partial charge >= 0.3 is 0 Å². The Morgan fingerprint density at radius 2 is 1.51 bits per heavy atom. The van der Waals surface area contributed by atoms with Gasteiger partial charge in [-0.3, -0.25) is 14.4 Å². The number of hydrogen-bond acceptors (Lipinski definition) is 5. The van der Waals surface area contributed by atoms with Gasteiger partial charge in [0.2, 0.25) is 5.91 Å². The second-order valence-electron chi connectivity index (χ2n) is 8.89. The van der Waals surface area contributed by atoms with Crippen LogP contribution in [-0.2, 0) is 9.59 Å². The average molecular weight is 504 g/mol. The Kier molecular flexibility index (Phi) is 9.66. The van der Waals surface area contributed by atoms with Crippen LogP contribution in [0.4, 0.5) is 11.4 Å². The number of anilines is 2. The second kappa shape index (κ2) is 13.1. The molecule has 0 aromatic heterocycles. The predicted octanol–water partition coefficient (Wildman–Crippen LogP) is 4.90. The Bertz CT molecular complexity index is 1240. The quantitative estimate of drug-likeness (QED) is 0.323. The fourth-order valence-electron chi connectivity index (χ4n) is 3.62. The third-order valence-corrected chi connectivity index (χ3v) is 5.42. The second-order valence-corrected chi connectivity index (χ2v) is 8.89. The monoisotopic (exact) mass is 503 g/mol. The van der Waals surface area contributed by atoms with Crippen molar-refractivity contribution in [2.24, 2.45) is 0 Å². The molecule has 8 nitrogen and oxygen atoms in total. The third kappa shape index (κ3) is 8.38. The molecule has 3 aromatic carbocycles.